The molecular weight excluding hydrogens is 651 g/mol. The largest absolute Gasteiger partial charge is 0.308 e. The van der Waals surface area contributed by atoms with E-state index in [1.807, 2.05) is 108 Å². The maximum atomic E-state index is 15.2. The Hall–Kier alpha value is -7.31. The highest BCUT2D eigenvalue weighted by Crippen LogP contribution is 2.41. The third-order valence-electron chi connectivity index (χ3n) is 10.4. The highest BCUT2D eigenvalue weighted by atomic mass is 16.1. The zero-order valence-electron chi connectivity index (χ0n) is 28.4. The summed E-state index contributed by atoms with van der Waals surface area (Å²) in [4.78, 5) is 25.7. The van der Waals surface area contributed by atoms with E-state index in [1.54, 1.807) is 0 Å². The lowest BCUT2D eigenvalue weighted by Crippen LogP contribution is -2.19. The Morgan fingerprint density at radius 3 is 1.62 bits per heavy atom. The monoisotopic (exact) mass is 679 g/mol. The second-order valence-corrected chi connectivity index (χ2v) is 13.4. The second-order valence-electron chi connectivity index (χ2n) is 13.4. The van der Waals surface area contributed by atoms with Gasteiger partial charge in [0, 0.05) is 38.5 Å². The molecule has 0 spiro atoms. The van der Waals surface area contributed by atoms with E-state index in [0.717, 1.165) is 88.6 Å². The van der Waals surface area contributed by atoms with Crippen LogP contribution in [0.3, 0.4) is 0 Å². The molecule has 0 saturated carbocycles. The quantitative estimate of drug-likeness (QED) is 0.186. The first-order valence-electron chi connectivity index (χ1n) is 17.7. The lowest BCUT2D eigenvalue weighted by atomic mass is 10.1. The number of para-hydroxylation sites is 6. The molecule has 0 fully saturated rings. The Morgan fingerprint density at radius 1 is 0.396 bits per heavy atom. The molecular formula is C47H29N5O. The van der Waals surface area contributed by atoms with Crippen LogP contribution in [0.2, 0.25) is 0 Å². The van der Waals surface area contributed by atoms with Gasteiger partial charge < -0.3 is 4.57 Å². The van der Waals surface area contributed by atoms with E-state index in [1.165, 1.54) is 0 Å². The zero-order valence-corrected chi connectivity index (χ0v) is 28.4. The van der Waals surface area contributed by atoms with Crippen molar-refractivity contribution in [3.05, 3.63) is 186 Å². The second kappa shape index (κ2) is 11.4. The molecule has 4 aromatic heterocycles. The first kappa shape index (κ1) is 29.4. The standard InChI is InChI=1S/C47H29N5O/c53-47-43-34-23-11-15-27-40(34)50(31-18-6-2-7-19-31)45(43)36-28-35-33-22-10-14-26-39(33)52(41(35)29-42(36)51(47)32-20-8-3-9-21-32)46-44(30-16-4-1-5-17-30)48-37-24-12-13-25-38(37)49-46/h1-29H. The van der Waals surface area contributed by atoms with Gasteiger partial charge in [-0.25, -0.2) is 9.97 Å². The Bertz CT molecular complexity index is 3290. The average molecular weight is 680 g/mol. The van der Waals surface area contributed by atoms with Gasteiger partial charge in [-0.1, -0.05) is 115 Å². The molecule has 6 heteroatoms. The molecule has 6 nitrogen and oxygen atoms in total. The Morgan fingerprint density at radius 2 is 0.925 bits per heavy atom. The Kier molecular flexibility index (Phi) is 6.30. The van der Waals surface area contributed by atoms with Crippen LogP contribution in [0.15, 0.2) is 181 Å². The first-order chi connectivity index (χ1) is 26.2. The molecule has 0 aliphatic rings. The summed E-state index contributed by atoms with van der Waals surface area (Å²) >= 11 is 0. The van der Waals surface area contributed by atoms with Crippen molar-refractivity contribution in [1.82, 2.24) is 23.7 Å². The van der Waals surface area contributed by atoms with Crippen LogP contribution in [0, 0.1) is 0 Å². The van der Waals surface area contributed by atoms with Gasteiger partial charge in [-0.05, 0) is 60.7 Å². The number of fused-ring (bicyclic) bond motifs is 9. The van der Waals surface area contributed by atoms with Crippen LogP contribution in [-0.2, 0) is 0 Å². The average Bonchev–Trinajstić information content (AvgIpc) is 3.74. The van der Waals surface area contributed by atoms with Gasteiger partial charge in [0.25, 0.3) is 5.56 Å². The van der Waals surface area contributed by atoms with Gasteiger partial charge in [0.05, 0.1) is 44.0 Å². The topological polar surface area (TPSA) is 57.6 Å². The molecule has 0 aliphatic heterocycles. The normalized spacial score (nSPS) is 11.8. The van der Waals surface area contributed by atoms with Gasteiger partial charge in [0.1, 0.15) is 5.69 Å². The van der Waals surface area contributed by atoms with Crippen LogP contribution in [0.4, 0.5) is 0 Å². The van der Waals surface area contributed by atoms with Crippen LogP contribution >= 0.6 is 0 Å². The summed E-state index contributed by atoms with van der Waals surface area (Å²) < 4.78 is 6.35. The molecule has 0 N–H and O–H groups in total. The number of hydrogen-bond donors (Lipinski definition) is 0. The van der Waals surface area contributed by atoms with Gasteiger partial charge in [-0.2, -0.15) is 0 Å². The smallest absolute Gasteiger partial charge is 0.265 e. The van der Waals surface area contributed by atoms with Gasteiger partial charge in [0.15, 0.2) is 5.82 Å². The summed E-state index contributed by atoms with van der Waals surface area (Å²) in [7, 11) is 0. The minimum absolute atomic E-state index is 0.0675. The van der Waals surface area contributed by atoms with Crippen LogP contribution < -0.4 is 5.56 Å². The third kappa shape index (κ3) is 4.30. The zero-order chi connectivity index (χ0) is 35.0. The van der Waals surface area contributed by atoms with E-state index in [-0.39, 0.29) is 5.56 Å². The van der Waals surface area contributed by atoms with E-state index in [9.17, 15) is 0 Å². The maximum Gasteiger partial charge on any atom is 0.265 e. The van der Waals surface area contributed by atoms with Crippen molar-refractivity contribution in [2.45, 2.75) is 0 Å². The molecule has 0 bridgehead atoms. The summed E-state index contributed by atoms with van der Waals surface area (Å²) in [5.41, 5.74) is 9.76. The predicted molar refractivity (Wildman–Crippen MR) is 217 cm³/mol. The molecule has 53 heavy (non-hydrogen) atoms. The minimum atomic E-state index is -0.0675. The van der Waals surface area contributed by atoms with Crippen molar-refractivity contribution < 1.29 is 0 Å². The van der Waals surface area contributed by atoms with Crippen LogP contribution in [-0.4, -0.2) is 23.7 Å². The van der Waals surface area contributed by atoms with Crippen molar-refractivity contribution in [2.75, 3.05) is 0 Å². The summed E-state index contributed by atoms with van der Waals surface area (Å²) in [6.07, 6.45) is 0. The molecule has 0 aliphatic carbocycles. The Labute approximate surface area is 303 Å². The highest BCUT2D eigenvalue weighted by Gasteiger charge is 2.25. The molecule has 0 unspecified atom stereocenters. The summed E-state index contributed by atoms with van der Waals surface area (Å²) in [6, 6.07) is 59.7. The van der Waals surface area contributed by atoms with E-state index in [4.69, 9.17) is 9.97 Å². The fourth-order valence-electron chi connectivity index (χ4n) is 8.15. The third-order valence-corrected chi connectivity index (χ3v) is 10.4. The SMILES string of the molecule is O=c1c2c3ccccc3n(-c3ccccc3)c2c2cc3c4ccccc4n(-c4nc5ccccc5nc4-c4ccccc4)c3cc2n1-c1ccccc1. The number of rotatable bonds is 4. The molecule has 7 aromatic carbocycles. The number of nitrogens with zero attached hydrogens (tertiary/aromatic N) is 5. The minimum Gasteiger partial charge on any atom is -0.308 e. The number of aromatic nitrogens is 5. The molecule has 4 heterocycles. The van der Waals surface area contributed by atoms with Gasteiger partial charge in [0.2, 0.25) is 0 Å². The molecule has 248 valence electrons. The lowest BCUT2D eigenvalue weighted by Gasteiger charge is -2.16. The summed E-state index contributed by atoms with van der Waals surface area (Å²) in [5, 5.41) is 4.74. The molecule has 11 rings (SSSR count). The van der Waals surface area contributed by atoms with Crippen molar-refractivity contribution in [3.63, 3.8) is 0 Å². The van der Waals surface area contributed by atoms with Crippen molar-refractivity contribution >= 4 is 65.5 Å². The fourth-order valence-corrected chi connectivity index (χ4v) is 8.15. The molecule has 0 radical (unpaired) electrons. The molecule has 0 amide bonds. The number of hydrogen-bond acceptors (Lipinski definition) is 3. The van der Waals surface area contributed by atoms with Crippen molar-refractivity contribution in [3.8, 4) is 28.5 Å². The maximum absolute atomic E-state index is 15.2. The van der Waals surface area contributed by atoms with E-state index >= 15 is 4.79 Å². The van der Waals surface area contributed by atoms with Crippen molar-refractivity contribution in [2.24, 2.45) is 0 Å². The lowest BCUT2D eigenvalue weighted by molar-refractivity contribution is 1.05. The molecule has 0 atom stereocenters. The van der Waals surface area contributed by atoms with Crippen LogP contribution in [0.5, 0.6) is 0 Å². The van der Waals surface area contributed by atoms with E-state index in [0.29, 0.717) is 5.39 Å². The van der Waals surface area contributed by atoms with Gasteiger partial charge in [-0.15, -0.1) is 0 Å². The number of benzene rings is 7. The predicted octanol–water partition coefficient (Wildman–Crippen LogP) is 10.8. The highest BCUT2D eigenvalue weighted by molar-refractivity contribution is 6.22. The first-order valence-corrected chi connectivity index (χ1v) is 17.7. The van der Waals surface area contributed by atoms with Crippen molar-refractivity contribution in [1.29, 1.82) is 0 Å². The summed E-state index contributed by atoms with van der Waals surface area (Å²) in [5.74, 6) is 0.730. The van der Waals surface area contributed by atoms with Gasteiger partial charge in [-0.3, -0.25) is 13.9 Å². The molecule has 11 aromatic rings. The fraction of sp³-hybridized carbons (Fsp3) is 0. The molecule has 0 saturated heterocycles. The summed E-state index contributed by atoms with van der Waals surface area (Å²) in [6.45, 7) is 0. The van der Waals surface area contributed by atoms with E-state index < -0.39 is 0 Å². The Balaban J connectivity index is 1.37. The van der Waals surface area contributed by atoms with Crippen LogP contribution in [0.25, 0.3) is 94.0 Å². The van der Waals surface area contributed by atoms with Gasteiger partial charge >= 0.3 is 0 Å². The van der Waals surface area contributed by atoms with E-state index in [2.05, 4.69) is 81.9 Å². The van der Waals surface area contributed by atoms with Crippen LogP contribution in [0.1, 0.15) is 0 Å². The number of pyridine rings is 1.